The van der Waals surface area contributed by atoms with Crippen molar-refractivity contribution in [1.82, 2.24) is 4.31 Å². The second-order valence-corrected chi connectivity index (χ2v) is 8.43. The van der Waals surface area contributed by atoms with E-state index in [0.29, 0.717) is 4.90 Å². The van der Waals surface area contributed by atoms with Crippen LogP contribution < -0.4 is 0 Å². The van der Waals surface area contributed by atoms with Gasteiger partial charge in [-0.1, -0.05) is 78.1 Å². The van der Waals surface area contributed by atoms with Gasteiger partial charge in [-0.3, -0.25) is 0 Å². The van der Waals surface area contributed by atoms with Crippen molar-refractivity contribution < 1.29 is 8.42 Å². The van der Waals surface area contributed by atoms with Gasteiger partial charge in [0.2, 0.25) is 10.0 Å². The Kier molecular flexibility index (Phi) is 4.57. The van der Waals surface area contributed by atoms with Gasteiger partial charge in [-0.2, -0.15) is 4.31 Å². The lowest BCUT2D eigenvalue weighted by Gasteiger charge is -2.06. The fourth-order valence-corrected chi connectivity index (χ4v) is 4.82. The van der Waals surface area contributed by atoms with Crippen LogP contribution in [-0.4, -0.2) is 18.8 Å². The molecular weight excluding hydrogens is 354 g/mol. The minimum Gasteiger partial charge on any atom is -0.207 e. The molecule has 1 fully saturated rings. The van der Waals surface area contributed by atoms with E-state index in [9.17, 15) is 8.42 Å². The Morgan fingerprint density at radius 1 is 0.815 bits per heavy atom. The Balaban J connectivity index is 1.70. The maximum Gasteiger partial charge on any atom is 0.244 e. The third kappa shape index (κ3) is 3.52. The smallest absolute Gasteiger partial charge is 0.207 e. The van der Waals surface area contributed by atoms with Crippen molar-refractivity contribution in [1.29, 1.82) is 0 Å². The van der Waals surface area contributed by atoms with E-state index in [1.807, 2.05) is 79.7 Å². The molecule has 0 saturated carbocycles. The molecular formula is C23H19NO2S. The highest BCUT2D eigenvalue weighted by Crippen LogP contribution is 2.47. The van der Waals surface area contributed by atoms with E-state index >= 15 is 0 Å². The van der Waals surface area contributed by atoms with Crippen molar-refractivity contribution in [3.05, 3.63) is 102 Å². The average Bonchev–Trinajstić information content (AvgIpc) is 3.44. The normalized spacial score (nSPS) is 21.1. The maximum absolute atomic E-state index is 13.2. The lowest BCUT2D eigenvalue weighted by molar-refractivity contribution is 0.551. The van der Waals surface area contributed by atoms with Crippen LogP contribution in [0.4, 0.5) is 0 Å². The first-order valence-electron chi connectivity index (χ1n) is 8.79. The Morgan fingerprint density at radius 3 is 2.04 bits per heavy atom. The van der Waals surface area contributed by atoms with Crippen LogP contribution in [0.25, 0.3) is 0 Å². The monoisotopic (exact) mass is 373 g/mol. The fourth-order valence-electron chi connectivity index (χ4n) is 3.14. The van der Waals surface area contributed by atoms with Gasteiger partial charge >= 0.3 is 0 Å². The Hall–Kier alpha value is -2.87. The third-order valence-corrected chi connectivity index (χ3v) is 6.51. The molecule has 134 valence electrons. The molecule has 3 atom stereocenters. The van der Waals surface area contributed by atoms with E-state index in [-0.39, 0.29) is 12.1 Å². The summed E-state index contributed by atoms with van der Waals surface area (Å²) in [6.07, 6.45) is 0. The quantitative estimate of drug-likeness (QED) is 0.511. The van der Waals surface area contributed by atoms with Crippen LogP contribution in [0, 0.1) is 18.8 Å². The number of rotatable bonds is 3. The molecule has 1 aliphatic rings. The predicted octanol–water partition coefficient (Wildman–Crippen LogP) is 4.16. The molecule has 27 heavy (non-hydrogen) atoms. The van der Waals surface area contributed by atoms with Crippen LogP contribution in [-0.2, 0) is 10.0 Å². The summed E-state index contributed by atoms with van der Waals surface area (Å²) < 4.78 is 27.8. The van der Waals surface area contributed by atoms with E-state index in [2.05, 4.69) is 11.8 Å². The molecule has 0 amide bonds. The standard InChI is InChI=1S/C23H19NO2S/c1-18-12-15-21(16-13-18)27(25,26)24-22(17-14-19-8-4-2-5-9-19)23(24)20-10-6-3-7-11-20/h2-13,15-16,22-23H,1H3. The van der Waals surface area contributed by atoms with Gasteiger partial charge < -0.3 is 0 Å². The summed E-state index contributed by atoms with van der Waals surface area (Å²) >= 11 is 0. The second kappa shape index (κ2) is 7.03. The van der Waals surface area contributed by atoms with E-state index < -0.39 is 10.0 Å². The molecule has 3 aromatic carbocycles. The molecule has 0 radical (unpaired) electrons. The molecule has 0 bridgehead atoms. The number of sulfonamides is 1. The molecule has 1 heterocycles. The third-order valence-electron chi connectivity index (χ3n) is 4.63. The van der Waals surface area contributed by atoms with Crippen LogP contribution in [0.1, 0.15) is 22.7 Å². The Labute approximate surface area is 160 Å². The second-order valence-electron chi connectivity index (χ2n) is 6.58. The van der Waals surface area contributed by atoms with Gasteiger partial charge in [-0.25, -0.2) is 8.42 Å². The minimum absolute atomic E-state index is 0.256. The molecule has 1 saturated heterocycles. The van der Waals surface area contributed by atoms with Gasteiger partial charge in [0.05, 0.1) is 10.9 Å². The summed E-state index contributed by atoms with van der Waals surface area (Å²) in [5.41, 5.74) is 2.87. The number of hydrogen-bond acceptors (Lipinski definition) is 2. The van der Waals surface area contributed by atoms with Gasteiger partial charge in [0.25, 0.3) is 0 Å². The minimum atomic E-state index is -3.60. The highest BCUT2D eigenvalue weighted by molar-refractivity contribution is 7.89. The zero-order valence-electron chi connectivity index (χ0n) is 14.9. The van der Waals surface area contributed by atoms with Crippen molar-refractivity contribution in [3.8, 4) is 11.8 Å². The average molecular weight is 373 g/mol. The van der Waals surface area contributed by atoms with Crippen LogP contribution >= 0.6 is 0 Å². The van der Waals surface area contributed by atoms with Crippen molar-refractivity contribution in [2.75, 3.05) is 0 Å². The lowest BCUT2D eigenvalue weighted by Crippen LogP contribution is -2.14. The molecule has 3 unspecified atom stereocenters. The molecule has 0 spiro atoms. The molecule has 0 aromatic heterocycles. The van der Waals surface area contributed by atoms with Gasteiger partial charge in [-0.05, 0) is 36.8 Å². The highest BCUT2D eigenvalue weighted by atomic mass is 32.2. The largest absolute Gasteiger partial charge is 0.244 e. The van der Waals surface area contributed by atoms with Crippen molar-refractivity contribution in [3.63, 3.8) is 0 Å². The summed E-state index contributed by atoms with van der Waals surface area (Å²) in [7, 11) is -3.60. The zero-order chi connectivity index (χ0) is 18.9. The summed E-state index contributed by atoms with van der Waals surface area (Å²) in [5, 5.41) is 0. The number of aryl methyl sites for hydroxylation is 1. The molecule has 3 nitrogen and oxygen atoms in total. The zero-order valence-corrected chi connectivity index (χ0v) is 15.7. The van der Waals surface area contributed by atoms with Gasteiger partial charge in [0.15, 0.2) is 0 Å². The number of hydrogen-bond donors (Lipinski definition) is 0. The van der Waals surface area contributed by atoms with E-state index in [4.69, 9.17) is 0 Å². The number of benzene rings is 3. The van der Waals surface area contributed by atoms with Crippen molar-refractivity contribution >= 4 is 10.0 Å². The van der Waals surface area contributed by atoms with Crippen molar-refractivity contribution in [2.24, 2.45) is 0 Å². The topological polar surface area (TPSA) is 37.1 Å². The SMILES string of the molecule is Cc1ccc(S(=O)(=O)N2C(C#Cc3ccccc3)C2c2ccccc2)cc1. The molecule has 1 aliphatic heterocycles. The van der Waals surface area contributed by atoms with Crippen LogP contribution in [0.15, 0.2) is 89.8 Å². The first-order chi connectivity index (χ1) is 13.1. The number of nitrogens with zero attached hydrogens (tertiary/aromatic N) is 1. The lowest BCUT2D eigenvalue weighted by atomic mass is 10.1. The van der Waals surface area contributed by atoms with Crippen LogP contribution in [0.5, 0.6) is 0 Å². The highest BCUT2D eigenvalue weighted by Gasteiger charge is 2.55. The van der Waals surface area contributed by atoms with Gasteiger partial charge in [-0.15, -0.1) is 0 Å². The van der Waals surface area contributed by atoms with Crippen molar-refractivity contribution in [2.45, 2.75) is 23.9 Å². The molecule has 0 aliphatic carbocycles. The summed E-state index contributed by atoms with van der Waals surface area (Å²) in [6, 6.07) is 25.6. The Morgan fingerprint density at radius 2 is 1.41 bits per heavy atom. The van der Waals surface area contributed by atoms with Crippen LogP contribution in [0.3, 0.4) is 0 Å². The van der Waals surface area contributed by atoms with E-state index in [1.54, 1.807) is 12.1 Å². The van der Waals surface area contributed by atoms with Crippen LogP contribution in [0.2, 0.25) is 0 Å². The molecule has 0 N–H and O–H groups in total. The molecule has 4 rings (SSSR count). The Bertz CT molecular complexity index is 1100. The summed E-state index contributed by atoms with van der Waals surface area (Å²) in [4.78, 5) is 0.304. The first kappa shape index (κ1) is 17.5. The first-order valence-corrected chi connectivity index (χ1v) is 10.2. The van der Waals surface area contributed by atoms with E-state index in [1.165, 1.54) is 4.31 Å². The summed E-state index contributed by atoms with van der Waals surface area (Å²) in [5.74, 6) is 6.27. The van der Waals surface area contributed by atoms with Gasteiger partial charge in [0.1, 0.15) is 6.04 Å². The van der Waals surface area contributed by atoms with E-state index in [0.717, 1.165) is 16.7 Å². The predicted molar refractivity (Wildman–Crippen MR) is 106 cm³/mol. The summed E-state index contributed by atoms with van der Waals surface area (Å²) in [6.45, 7) is 1.94. The maximum atomic E-state index is 13.2. The molecule has 4 heteroatoms. The molecule has 3 aromatic rings. The fraction of sp³-hybridized carbons (Fsp3) is 0.130. The van der Waals surface area contributed by atoms with Gasteiger partial charge in [0, 0.05) is 5.56 Å².